The SMILES string of the molecule is CCC(C)c1ccc(S(=O)(=O)Nc2c(F)c(F)c(F)c(F)c2F)cc1. The highest BCUT2D eigenvalue weighted by Crippen LogP contribution is 2.29. The van der Waals surface area contributed by atoms with Crippen LogP contribution in [0.4, 0.5) is 27.6 Å². The van der Waals surface area contributed by atoms with E-state index in [0.29, 0.717) is 0 Å². The summed E-state index contributed by atoms with van der Waals surface area (Å²) in [4.78, 5) is -0.372. The highest BCUT2D eigenvalue weighted by Gasteiger charge is 2.28. The minimum absolute atomic E-state index is 0.167. The van der Waals surface area contributed by atoms with Gasteiger partial charge in [0.25, 0.3) is 10.0 Å². The van der Waals surface area contributed by atoms with Crippen LogP contribution in [0, 0.1) is 29.1 Å². The van der Waals surface area contributed by atoms with Gasteiger partial charge in [-0.1, -0.05) is 26.0 Å². The van der Waals surface area contributed by atoms with E-state index in [9.17, 15) is 30.4 Å². The maximum Gasteiger partial charge on any atom is 0.262 e. The smallest absolute Gasteiger partial charge is 0.262 e. The van der Waals surface area contributed by atoms with Crippen molar-refractivity contribution in [1.29, 1.82) is 0 Å². The van der Waals surface area contributed by atoms with Crippen LogP contribution in [0.3, 0.4) is 0 Å². The normalized spacial score (nSPS) is 12.9. The first-order valence-electron chi connectivity index (χ1n) is 7.24. The van der Waals surface area contributed by atoms with E-state index in [2.05, 4.69) is 0 Å². The third-order valence-electron chi connectivity index (χ3n) is 3.82. The fourth-order valence-corrected chi connectivity index (χ4v) is 3.16. The first-order valence-corrected chi connectivity index (χ1v) is 8.72. The van der Waals surface area contributed by atoms with E-state index in [0.717, 1.165) is 12.0 Å². The molecule has 25 heavy (non-hydrogen) atoms. The number of sulfonamides is 1. The van der Waals surface area contributed by atoms with Gasteiger partial charge in [-0.2, -0.15) is 0 Å². The van der Waals surface area contributed by atoms with E-state index in [-0.39, 0.29) is 10.8 Å². The monoisotopic (exact) mass is 379 g/mol. The van der Waals surface area contributed by atoms with Crippen molar-refractivity contribution in [3.63, 3.8) is 0 Å². The number of hydrogen-bond acceptors (Lipinski definition) is 2. The van der Waals surface area contributed by atoms with Crippen molar-refractivity contribution < 1.29 is 30.4 Å². The Bertz CT molecular complexity index is 869. The van der Waals surface area contributed by atoms with Gasteiger partial charge in [0.05, 0.1) is 4.90 Å². The first kappa shape index (κ1) is 19.2. The van der Waals surface area contributed by atoms with Gasteiger partial charge < -0.3 is 0 Å². The minimum Gasteiger partial charge on any atom is -0.274 e. The van der Waals surface area contributed by atoms with Crippen LogP contribution in [0.2, 0.25) is 0 Å². The lowest BCUT2D eigenvalue weighted by molar-refractivity contribution is 0.382. The molecule has 0 aromatic heterocycles. The molecule has 0 spiro atoms. The van der Waals surface area contributed by atoms with Crippen LogP contribution < -0.4 is 4.72 Å². The number of hydrogen-bond donors (Lipinski definition) is 1. The van der Waals surface area contributed by atoms with E-state index in [1.807, 2.05) is 13.8 Å². The van der Waals surface area contributed by atoms with Crippen molar-refractivity contribution in [2.24, 2.45) is 0 Å². The Morgan fingerprint density at radius 3 is 1.76 bits per heavy atom. The molecule has 1 atom stereocenters. The fraction of sp³-hybridized carbons (Fsp3) is 0.250. The van der Waals surface area contributed by atoms with Crippen molar-refractivity contribution in [2.75, 3.05) is 4.72 Å². The molecule has 2 aromatic rings. The molecular weight excluding hydrogens is 365 g/mol. The molecule has 3 nitrogen and oxygen atoms in total. The maximum atomic E-state index is 13.6. The highest BCUT2D eigenvalue weighted by molar-refractivity contribution is 7.92. The standard InChI is InChI=1S/C16H14F5NO2S/c1-3-8(2)9-4-6-10(7-5-9)25(23,24)22-16-14(20)12(18)11(17)13(19)15(16)21/h4-8,22H,3H2,1-2H3. The number of nitrogens with one attached hydrogen (secondary N) is 1. The number of halogens is 5. The van der Waals surface area contributed by atoms with Crippen LogP contribution in [0.5, 0.6) is 0 Å². The second-order valence-corrected chi connectivity index (χ2v) is 7.11. The zero-order chi connectivity index (χ0) is 18.9. The molecule has 0 saturated heterocycles. The van der Waals surface area contributed by atoms with Crippen LogP contribution in [0.15, 0.2) is 29.2 Å². The summed E-state index contributed by atoms with van der Waals surface area (Å²) in [5.74, 6) is -11.2. The molecule has 2 rings (SSSR count). The maximum absolute atomic E-state index is 13.6. The Hall–Kier alpha value is -2.16. The van der Waals surface area contributed by atoms with Crippen molar-refractivity contribution in [3.05, 3.63) is 58.9 Å². The minimum atomic E-state index is -4.54. The van der Waals surface area contributed by atoms with Gasteiger partial charge in [0, 0.05) is 0 Å². The zero-order valence-electron chi connectivity index (χ0n) is 13.2. The van der Waals surface area contributed by atoms with E-state index >= 15 is 0 Å². The van der Waals surface area contributed by atoms with E-state index in [4.69, 9.17) is 0 Å². The van der Waals surface area contributed by atoms with Crippen LogP contribution >= 0.6 is 0 Å². The summed E-state index contributed by atoms with van der Waals surface area (Å²) < 4.78 is 92.3. The fourth-order valence-electron chi connectivity index (χ4n) is 2.10. The summed E-state index contributed by atoms with van der Waals surface area (Å²) in [6.45, 7) is 3.87. The number of anilines is 1. The van der Waals surface area contributed by atoms with Crippen LogP contribution in [-0.4, -0.2) is 8.42 Å². The third-order valence-corrected chi connectivity index (χ3v) is 5.18. The lowest BCUT2D eigenvalue weighted by Crippen LogP contribution is -2.17. The molecule has 0 fully saturated rings. The van der Waals surface area contributed by atoms with Crippen LogP contribution in [0.25, 0.3) is 0 Å². The molecule has 0 aliphatic heterocycles. The van der Waals surface area contributed by atoms with Gasteiger partial charge in [-0.15, -0.1) is 0 Å². The predicted octanol–water partition coefficient (Wildman–Crippen LogP) is 4.70. The lowest BCUT2D eigenvalue weighted by Gasteiger charge is -2.13. The van der Waals surface area contributed by atoms with Gasteiger partial charge in [-0.05, 0) is 30.0 Å². The van der Waals surface area contributed by atoms with Gasteiger partial charge in [-0.25, -0.2) is 30.4 Å². The topological polar surface area (TPSA) is 46.2 Å². The second-order valence-electron chi connectivity index (χ2n) is 5.43. The van der Waals surface area contributed by atoms with Gasteiger partial charge in [0.2, 0.25) is 5.82 Å². The molecule has 0 aliphatic carbocycles. The highest BCUT2D eigenvalue weighted by atomic mass is 32.2. The average molecular weight is 379 g/mol. The average Bonchev–Trinajstić information content (AvgIpc) is 2.61. The van der Waals surface area contributed by atoms with Gasteiger partial charge in [-0.3, -0.25) is 4.72 Å². The molecule has 0 saturated carbocycles. The predicted molar refractivity (Wildman–Crippen MR) is 82.2 cm³/mol. The quantitative estimate of drug-likeness (QED) is 0.465. The van der Waals surface area contributed by atoms with Gasteiger partial charge in [0.1, 0.15) is 5.69 Å². The number of rotatable bonds is 5. The summed E-state index contributed by atoms with van der Waals surface area (Å²) in [7, 11) is -4.54. The first-order chi connectivity index (χ1) is 11.6. The molecular formula is C16H14F5NO2S. The Kier molecular flexibility index (Phi) is 5.36. The molecule has 2 aromatic carbocycles. The third kappa shape index (κ3) is 3.60. The summed E-state index contributed by atoms with van der Waals surface area (Å²) in [5, 5.41) is 0. The molecule has 0 aliphatic rings. The van der Waals surface area contributed by atoms with E-state index in [1.54, 1.807) is 0 Å². The van der Waals surface area contributed by atoms with Gasteiger partial charge in [0.15, 0.2) is 23.3 Å². The molecule has 0 amide bonds. The van der Waals surface area contributed by atoms with Crippen molar-refractivity contribution in [3.8, 4) is 0 Å². The molecule has 0 bridgehead atoms. The molecule has 9 heteroatoms. The summed E-state index contributed by atoms with van der Waals surface area (Å²) in [5.41, 5.74) is -0.778. The van der Waals surface area contributed by atoms with Crippen LogP contribution in [0.1, 0.15) is 31.7 Å². The molecule has 1 unspecified atom stereocenters. The Morgan fingerprint density at radius 2 is 1.32 bits per heavy atom. The molecule has 1 N–H and O–H groups in total. The van der Waals surface area contributed by atoms with E-state index in [1.165, 1.54) is 29.0 Å². The van der Waals surface area contributed by atoms with Crippen molar-refractivity contribution in [1.82, 2.24) is 0 Å². The van der Waals surface area contributed by atoms with Gasteiger partial charge >= 0.3 is 0 Å². The van der Waals surface area contributed by atoms with E-state index < -0.39 is 44.8 Å². The zero-order valence-corrected chi connectivity index (χ0v) is 14.0. The summed E-state index contributed by atoms with van der Waals surface area (Å²) in [6, 6.07) is 5.41. The van der Waals surface area contributed by atoms with Crippen LogP contribution in [-0.2, 0) is 10.0 Å². The molecule has 0 radical (unpaired) electrons. The largest absolute Gasteiger partial charge is 0.274 e. The Morgan fingerprint density at radius 1 is 0.880 bits per heavy atom. The Labute approximate surface area is 141 Å². The summed E-state index contributed by atoms with van der Waals surface area (Å²) in [6.07, 6.45) is 0.814. The van der Waals surface area contributed by atoms with Crippen molar-refractivity contribution >= 4 is 15.7 Å². The molecule has 136 valence electrons. The lowest BCUT2D eigenvalue weighted by atomic mass is 9.99. The second kappa shape index (κ2) is 6.99. The molecule has 0 heterocycles. The summed E-state index contributed by atoms with van der Waals surface area (Å²) >= 11 is 0. The number of benzene rings is 2. The Balaban J connectivity index is 2.43. The van der Waals surface area contributed by atoms with Crippen molar-refractivity contribution in [2.45, 2.75) is 31.1 Å².